The maximum Gasteiger partial charge on any atom is 0.266 e. The third kappa shape index (κ3) is 10.2. The van der Waals surface area contributed by atoms with Crippen molar-refractivity contribution >= 4 is 27.8 Å². The van der Waals surface area contributed by atoms with E-state index >= 15 is 0 Å². The van der Waals surface area contributed by atoms with E-state index in [9.17, 15) is 18.3 Å². The van der Waals surface area contributed by atoms with E-state index in [0.717, 1.165) is 28.2 Å². The summed E-state index contributed by atoms with van der Waals surface area (Å²) in [7, 11) is -4.09. The van der Waals surface area contributed by atoms with Crippen LogP contribution in [0.4, 0.5) is 0 Å². The highest BCUT2D eigenvalue weighted by Gasteiger charge is 2.26. The van der Waals surface area contributed by atoms with Gasteiger partial charge in [0.2, 0.25) is 5.91 Å². The van der Waals surface area contributed by atoms with Crippen molar-refractivity contribution in [2.45, 2.75) is 76.7 Å². The number of thioether (sulfide) groups is 1. The number of carbonyl (C=O) groups is 1. The summed E-state index contributed by atoms with van der Waals surface area (Å²) in [5.41, 5.74) is 1.49. The van der Waals surface area contributed by atoms with Crippen LogP contribution in [0, 0.1) is 0 Å². The molecule has 0 heterocycles. The molecule has 0 aliphatic rings. The van der Waals surface area contributed by atoms with Gasteiger partial charge in [0.25, 0.3) is 10.1 Å². The summed E-state index contributed by atoms with van der Waals surface area (Å²) in [5.74, 6) is 0.195. The first-order valence-corrected chi connectivity index (χ1v) is 12.9. The quantitative estimate of drug-likeness (QED) is 0.348. The largest absolute Gasteiger partial charge is 0.507 e. The second-order valence-electron chi connectivity index (χ2n) is 9.76. The molecule has 1 amide bonds. The number of phenols is 1. The topological polar surface area (TPSA) is 113 Å². The maximum atomic E-state index is 11.7. The first-order chi connectivity index (χ1) is 14.0. The monoisotopic (exact) mass is 475 g/mol. The zero-order chi connectivity index (χ0) is 24.0. The molecule has 0 radical (unpaired) electrons. The molecule has 0 bridgehead atoms. The van der Waals surface area contributed by atoms with Crippen LogP contribution in [0.25, 0.3) is 0 Å². The van der Waals surface area contributed by atoms with Crippen molar-refractivity contribution in [2.75, 3.05) is 24.7 Å². The molecule has 0 spiro atoms. The smallest absolute Gasteiger partial charge is 0.266 e. The molecule has 31 heavy (non-hydrogen) atoms. The zero-order valence-electron chi connectivity index (χ0n) is 19.6. The number of hydrogen-bond donors (Lipinski definition) is 3. The lowest BCUT2D eigenvalue weighted by Gasteiger charge is -2.28. The van der Waals surface area contributed by atoms with Crippen LogP contribution in [-0.2, 0) is 30.5 Å². The molecule has 1 aromatic carbocycles. The minimum atomic E-state index is -4.09. The van der Waals surface area contributed by atoms with Gasteiger partial charge < -0.3 is 15.2 Å². The van der Waals surface area contributed by atoms with Gasteiger partial charge >= 0.3 is 0 Å². The van der Waals surface area contributed by atoms with Crippen molar-refractivity contribution in [3.63, 3.8) is 0 Å². The summed E-state index contributed by atoms with van der Waals surface area (Å²) >= 11 is 1.68. The highest BCUT2D eigenvalue weighted by Crippen LogP contribution is 2.41. The molecule has 0 saturated carbocycles. The van der Waals surface area contributed by atoms with Crippen LogP contribution in [0.2, 0.25) is 0 Å². The Balaban J connectivity index is 2.62. The van der Waals surface area contributed by atoms with E-state index < -0.39 is 21.8 Å². The number of nitrogens with one attached hydrogen (secondary N) is 1. The van der Waals surface area contributed by atoms with Gasteiger partial charge in [0, 0.05) is 28.3 Å². The molecule has 1 unspecified atom stereocenters. The van der Waals surface area contributed by atoms with Gasteiger partial charge in [-0.05, 0) is 36.3 Å². The van der Waals surface area contributed by atoms with Gasteiger partial charge in [-0.25, -0.2) is 0 Å². The van der Waals surface area contributed by atoms with E-state index in [0.29, 0.717) is 5.75 Å². The van der Waals surface area contributed by atoms with Gasteiger partial charge in [-0.3, -0.25) is 9.35 Å². The molecular formula is C22H37NO6S2. The summed E-state index contributed by atoms with van der Waals surface area (Å²) in [5, 5.41) is 13.2. The van der Waals surface area contributed by atoms with Crippen LogP contribution in [0.3, 0.4) is 0 Å². The standard InChI is InChI=1S/C22H37NO6S2/c1-15(29-14-19(24)23-9-11-31(26,27)28)8-10-30-16-12-17(21(2,3)4)20(25)18(13-16)22(5,6)7/h12-13,15,25H,8-11,14H2,1-7H3,(H,23,24)(H,26,27,28). The fraction of sp³-hybridized carbons (Fsp3) is 0.682. The summed E-state index contributed by atoms with van der Waals surface area (Å²) in [6, 6.07) is 4.09. The lowest BCUT2D eigenvalue weighted by atomic mass is 9.79. The van der Waals surface area contributed by atoms with Gasteiger partial charge in [0.15, 0.2) is 0 Å². The summed E-state index contributed by atoms with van der Waals surface area (Å²) in [6.07, 6.45) is 0.570. The van der Waals surface area contributed by atoms with E-state index in [4.69, 9.17) is 9.29 Å². The Kier molecular flexibility index (Phi) is 9.87. The molecular weight excluding hydrogens is 438 g/mol. The molecule has 1 aromatic rings. The molecule has 0 fully saturated rings. The van der Waals surface area contributed by atoms with Crippen molar-refractivity contribution in [1.82, 2.24) is 5.32 Å². The van der Waals surface area contributed by atoms with E-state index in [2.05, 4.69) is 46.9 Å². The molecule has 0 saturated heterocycles. The van der Waals surface area contributed by atoms with Crippen LogP contribution in [0.15, 0.2) is 17.0 Å². The molecule has 9 heteroatoms. The Hall–Kier alpha value is -1.29. The lowest BCUT2D eigenvalue weighted by Crippen LogP contribution is -2.33. The predicted octanol–water partition coefficient (Wildman–Crippen LogP) is 3.88. The van der Waals surface area contributed by atoms with Crippen LogP contribution in [0.1, 0.15) is 66.0 Å². The van der Waals surface area contributed by atoms with Crippen molar-refractivity contribution in [2.24, 2.45) is 0 Å². The molecule has 178 valence electrons. The second kappa shape index (κ2) is 11.0. The molecule has 3 N–H and O–H groups in total. The first-order valence-electron chi connectivity index (χ1n) is 10.3. The van der Waals surface area contributed by atoms with Crippen molar-refractivity contribution in [3.05, 3.63) is 23.3 Å². The molecule has 0 aliphatic heterocycles. The van der Waals surface area contributed by atoms with Crippen molar-refractivity contribution in [1.29, 1.82) is 0 Å². The molecule has 1 rings (SSSR count). The number of phenolic OH excluding ortho intramolecular Hbond substituents is 1. The summed E-state index contributed by atoms with van der Waals surface area (Å²) in [6.45, 7) is 14.1. The zero-order valence-corrected chi connectivity index (χ0v) is 21.2. The summed E-state index contributed by atoms with van der Waals surface area (Å²) in [4.78, 5) is 12.8. The van der Waals surface area contributed by atoms with Crippen molar-refractivity contribution < 1.29 is 27.6 Å². The Morgan fingerprint density at radius 2 is 1.65 bits per heavy atom. The Morgan fingerprint density at radius 1 is 1.13 bits per heavy atom. The number of rotatable bonds is 10. The van der Waals surface area contributed by atoms with Crippen LogP contribution < -0.4 is 5.32 Å². The van der Waals surface area contributed by atoms with Crippen LogP contribution >= 0.6 is 11.8 Å². The van der Waals surface area contributed by atoms with Crippen molar-refractivity contribution in [3.8, 4) is 5.75 Å². The highest BCUT2D eigenvalue weighted by atomic mass is 32.2. The summed E-state index contributed by atoms with van der Waals surface area (Å²) < 4.78 is 35.5. The number of carbonyl (C=O) groups excluding carboxylic acids is 1. The highest BCUT2D eigenvalue weighted by molar-refractivity contribution is 7.99. The van der Waals surface area contributed by atoms with Gasteiger partial charge in [-0.2, -0.15) is 8.42 Å². The van der Waals surface area contributed by atoms with Gasteiger partial charge in [0.1, 0.15) is 12.4 Å². The van der Waals surface area contributed by atoms with E-state index in [-0.39, 0.29) is 30.1 Å². The average Bonchev–Trinajstić information content (AvgIpc) is 2.58. The fourth-order valence-corrected chi connectivity index (χ4v) is 4.30. The van der Waals surface area contributed by atoms with Gasteiger partial charge in [0.05, 0.1) is 11.9 Å². The Bertz CT molecular complexity index is 819. The Morgan fingerprint density at radius 3 is 2.10 bits per heavy atom. The SMILES string of the molecule is CC(CCSc1cc(C(C)(C)C)c(O)c(C(C)(C)C)c1)OCC(=O)NCCS(=O)(=O)O. The maximum absolute atomic E-state index is 11.7. The predicted molar refractivity (Wildman–Crippen MR) is 126 cm³/mol. The average molecular weight is 476 g/mol. The Labute approximate surface area is 191 Å². The third-order valence-electron chi connectivity index (χ3n) is 4.67. The number of ether oxygens (including phenoxy) is 1. The molecule has 1 atom stereocenters. The fourth-order valence-electron chi connectivity index (χ4n) is 2.85. The van der Waals surface area contributed by atoms with Crippen LogP contribution in [-0.4, -0.2) is 54.7 Å². The second-order valence-corrected chi connectivity index (χ2v) is 12.5. The van der Waals surface area contributed by atoms with E-state index in [1.165, 1.54) is 0 Å². The first kappa shape index (κ1) is 27.7. The molecule has 0 aromatic heterocycles. The van der Waals surface area contributed by atoms with Gasteiger partial charge in [-0.1, -0.05) is 41.5 Å². The van der Waals surface area contributed by atoms with E-state index in [1.807, 2.05) is 19.1 Å². The number of aromatic hydroxyl groups is 1. The number of benzene rings is 1. The molecule has 0 aliphatic carbocycles. The van der Waals surface area contributed by atoms with E-state index in [1.54, 1.807) is 11.8 Å². The minimum Gasteiger partial charge on any atom is -0.507 e. The minimum absolute atomic E-state index is 0.152. The normalized spacial score (nSPS) is 13.8. The van der Waals surface area contributed by atoms with Gasteiger partial charge in [-0.15, -0.1) is 11.8 Å². The lowest BCUT2D eigenvalue weighted by molar-refractivity contribution is -0.127. The molecule has 7 nitrogen and oxygen atoms in total. The number of amides is 1. The third-order valence-corrected chi connectivity index (χ3v) is 6.40. The number of hydrogen-bond acceptors (Lipinski definition) is 6. The van der Waals surface area contributed by atoms with Crippen LogP contribution in [0.5, 0.6) is 5.75 Å².